The number of aromatic nitrogens is 2. The van der Waals surface area contributed by atoms with Crippen molar-refractivity contribution in [3.63, 3.8) is 0 Å². The molecule has 0 saturated carbocycles. The van der Waals surface area contributed by atoms with Crippen LogP contribution in [0, 0.1) is 0 Å². The molecule has 12 heavy (non-hydrogen) atoms. The molecule has 0 aliphatic carbocycles. The second-order valence-electron chi connectivity index (χ2n) is 2.08. The van der Waals surface area contributed by atoms with E-state index in [1.54, 1.807) is 0 Å². The molecule has 6 heteroatoms. The van der Waals surface area contributed by atoms with Crippen LogP contribution in [0.4, 0.5) is 0 Å². The van der Waals surface area contributed by atoms with Gasteiger partial charge in [-0.1, -0.05) is 5.16 Å². The first-order valence-corrected chi connectivity index (χ1v) is 4.73. The Morgan fingerprint density at radius 1 is 1.67 bits per heavy atom. The van der Waals surface area contributed by atoms with E-state index in [1.807, 2.05) is 11.4 Å². The maximum Gasteiger partial charge on any atom is 0.439 e. The Hall–Kier alpha value is -0.880. The molecule has 2 aromatic heterocycles. The van der Waals surface area contributed by atoms with Crippen molar-refractivity contribution in [1.82, 2.24) is 10.1 Å². The first kappa shape index (κ1) is 7.75. The van der Waals surface area contributed by atoms with Crippen LogP contribution < -0.4 is 5.76 Å². The molecule has 0 aromatic carbocycles. The summed E-state index contributed by atoms with van der Waals surface area (Å²) in [7, 11) is 0. The molecular weight excluding hydrogens is 244 g/mol. The van der Waals surface area contributed by atoms with E-state index in [0.717, 1.165) is 9.35 Å². The molecule has 1 N–H and O–H groups in total. The zero-order chi connectivity index (χ0) is 8.55. The summed E-state index contributed by atoms with van der Waals surface area (Å²) >= 11 is 4.83. The Labute approximate surface area is 79.3 Å². The van der Waals surface area contributed by atoms with Crippen molar-refractivity contribution in [2.45, 2.75) is 0 Å². The Morgan fingerprint density at radius 2 is 2.50 bits per heavy atom. The van der Waals surface area contributed by atoms with Gasteiger partial charge in [-0.2, -0.15) is 0 Å². The predicted molar refractivity (Wildman–Crippen MR) is 48.1 cm³/mol. The molecule has 4 nitrogen and oxygen atoms in total. The molecule has 62 valence electrons. The third kappa shape index (κ3) is 1.35. The van der Waals surface area contributed by atoms with E-state index >= 15 is 0 Å². The Morgan fingerprint density at radius 3 is 3.00 bits per heavy atom. The smallest absolute Gasteiger partial charge is 0.296 e. The molecule has 0 bridgehead atoms. The zero-order valence-electron chi connectivity index (χ0n) is 5.70. The molecular formula is C6H3BrN2O2S. The fourth-order valence-electron chi connectivity index (χ4n) is 0.789. The molecule has 0 radical (unpaired) electrons. The van der Waals surface area contributed by atoms with E-state index in [9.17, 15) is 4.79 Å². The molecule has 0 unspecified atom stereocenters. The van der Waals surface area contributed by atoms with E-state index in [-0.39, 0.29) is 0 Å². The lowest BCUT2D eigenvalue weighted by atomic mass is 10.3. The number of aromatic amines is 1. The van der Waals surface area contributed by atoms with Crippen LogP contribution in [0.3, 0.4) is 0 Å². The minimum atomic E-state index is -0.535. The number of nitrogens with one attached hydrogen (secondary N) is 1. The van der Waals surface area contributed by atoms with E-state index < -0.39 is 5.76 Å². The van der Waals surface area contributed by atoms with Gasteiger partial charge in [0.15, 0.2) is 5.82 Å². The van der Waals surface area contributed by atoms with Crippen molar-refractivity contribution in [2.24, 2.45) is 0 Å². The molecule has 0 atom stereocenters. The van der Waals surface area contributed by atoms with Gasteiger partial charge in [0.25, 0.3) is 0 Å². The van der Waals surface area contributed by atoms with Crippen LogP contribution in [0.1, 0.15) is 0 Å². The van der Waals surface area contributed by atoms with Crippen LogP contribution in [0.5, 0.6) is 0 Å². The molecule has 2 rings (SSSR count). The fraction of sp³-hybridized carbons (Fsp3) is 0. The highest BCUT2D eigenvalue weighted by atomic mass is 79.9. The van der Waals surface area contributed by atoms with Crippen molar-refractivity contribution in [2.75, 3.05) is 0 Å². The largest absolute Gasteiger partial charge is 0.439 e. The minimum Gasteiger partial charge on any atom is -0.296 e. The molecule has 2 aromatic rings. The second kappa shape index (κ2) is 2.87. The van der Waals surface area contributed by atoms with Gasteiger partial charge in [-0.15, -0.1) is 11.3 Å². The molecule has 2 heterocycles. The summed E-state index contributed by atoms with van der Waals surface area (Å²) in [6.45, 7) is 0. The average Bonchev–Trinajstić information content (AvgIpc) is 2.58. The summed E-state index contributed by atoms with van der Waals surface area (Å²) in [4.78, 5) is 13.0. The highest BCUT2D eigenvalue weighted by molar-refractivity contribution is 9.11. The van der Waals surface area contributed by atoms with Gasteiger partial charge < -0.3 is 0 Å². The summed E-state index contributed by atoms with van der Waals surface area (Å²) < 4.78 is 5.34. The van der Waals surface area contributed by atoms with Crippen LogP contribution in [-0.2, 0) is 0 Å². The number of hydrogen-bond acceptors (Lipinski definition) is 4. The molecule has 0 saturated heterocycles. The van der Waals surface area contributed by atoms with Gasteiger partial charge in [-0.3, -0.25) is 9.51 Å². The van der Waals surface area contributed by atoms with Crippen LogP contribution in [0.15, 0.2) is 24.6 Å². The third-order valence-corrected chi connectivity index (χ3v) is 2.79. The van der Waals surface area contributed by atoms with Crippen LogP contribution in [0.2, 0.25) is 0 Å². The fourth-order valence-corrected chi connectivity index (χ4v) is 1.93. The van der Waals surface area contributed by atoms with Crippen molar-refractivity contribution >= 4 is 27.3 Å². The SMILES string of the molecule is O=c1[nH]c(-c2csc(Br)c2)no1. The lowest BCUT2D eigenvalue weighted by Crippen LogP contribution is -1.94. The van der Waals surface area contributed by atoms with Gasteiger partial charge >= 0.3 is 5.76 Å². The summed E-state index contributed by atoms with van der Waals surface area (Å²) in [5, 5.41) is 5.42. The van der Waals surface area contributed by atoms with Crippen LogP contribution in [0.25, 0.3) is 11.4 Å². The Bertz CT molecular complexity index is 444. The Kier molecular flexibility index (Phi) is 1.86. The van der Waals surface area contributed by atoms with Crippen molar-refractivity contribution in [3.05, 3.63) is 25.8 Å². The van der Waals surface area contributed by atoms with Gasteiger partial charge in [0.05, 0.1) is 3.79 Å². The first-order valence-electron chi connectivity index (χ1n) is 3.06. The van der Waals surface area contributed by atoms with Crippen molar-refractivity contribution in [1.29, 1.82) is 0 Å². The molecule has 0 spiro atoms. The first-order chi connectivity index (χ1) is 5.75. The number of nitrogens with zero attached hydrogens (tertiary/aromatic N) is 1. The highest BCUT2D eigenvalue weighted by Crippen LogP contribution is 2.25. The van der Waals surface area contributed by atoms with Gasteiger partial charge in [-0.05, 0) is 22.0 Å². The van der Waals surface area contributed by atoms with Gasteiger partial charge in [0.2, 0.25) is 0 Å². The molecule has 0 fully saturated rings. The van der Waals surface area contributed by atoms with E-state index in [0.29, 0.717) is 5.82 Å². The van der Waals surface area contributed by atoms with Gasteiger partial charge in [0.1, 0.15) is 0 Å². The van der Waals surface area contributed by atoms with E-state index in [1.165, 1.54) is 11.3 Å². The minimum absolute atomic E-state index is 0.460. The summed E-state index contributed by atoms with van der Waals surface area (Å²) in [6.07, 6.45) is 0. The van der Waals surface area contributed by atoms with Gasteiger partial charge in [-0.25, -0.2) is 4.79 Å². The molecule has 0 aliphatic rings. The average molecular weight is 247 g/mol. The zero-order valence-corrected chi connectivity index (χ0v) is 8.11. The number of H-pyrrole nitrogens is 1. The van der Waals surface area contributed by atoms with Crippen LogP contribution in [-0.4, -0.2) is 10.1 Å². The number of thiophene rings is 1. The monoisotopic (exact) mass is 246 g/mol. The lowest BCUT2D eigenvalue weighted by Gasteiger charge is -1.82. The molecule has 0 aliphatic heterocycles. The summed E-state index contributed by atoms with van der Waals surface area (Å²) in [5.74, 6) is -0.0747. The van der Waals surface area contributed by atoms with Crippen molar-refractivity contribution in [3.8, 4) is 11.4 Å². The lowest BCUT2D eigenvalue weighted by molar-refractivity contribution is 0.388. The number of halogens is 1. The maximum absolute atomic E-state index is 10.6. The van der Waals surface area contributed by atoms with Gasteiger partial charge in [0, 0.05) is 10.9 Å². The predicted octanol–water partition coefficient (Wildman–Crippen LogP) is 1.85. The topological polar surface area (TPSA) is 58.9 Å². The van der Waals surface area contributed by atoms with Crippen molar-refractivity contribution < 1.29 is 4.52 Å². The Balaban J connectivity index is 2.50. The van der Waals surface area contributed by atoms with E-state index in [4.69, 9.17) is 0 Å². The summed E-state index contributed by atoms with van der Waals surface area (Å²) in [5.41, 5.74) is 0.845. The quantitative estimate of drug-likeness (QED) is 0.836. The maximum atomic E-state index is 10.6. The summed E-state index contributed by atoms with van der Waals surface area (Å²) in [6, 6.07) is 1.86. The standard InChI is InChI=1S/C6H3BrN2O2S/c7-4-1-3(2-12-4)5-8-6(10)11-9-5/h1-2H,(H,8,9,10). The van der Waals surface area contributed by atoms with E-state index in [2.05, 4.69) is 30.6 Å². The normalized spacial score (nSPS) is 10.4. The molecule has 0 amide bonds. The highest BCUT2D eigenvalue weighted by Gasteiger charge is 2.05. The number of hydrogen-bond donors (Lipinski definition) is 1. The number of rotatable bonds is 1. The third-order valence-electron chi connectivity index (χ3n) is 1.28. The second-order valence-corrected chi connectivity index (χ2v) is 4.37. The van der Waals surface area contributed by atoms with Crippen LogP contribution >= 0.6 is 27.3 Å².